The summed E-state index contributed by atoms with van der Waals surface area (Å²) in [5.41, 5.74) is 2.73. The molecule has 2 atom stereocenters. The fourth-order valence-corrected chi connectivity index (χ4v) is 2.95. The van der Waals surface area contributed by atoms with Gasteiger partial charge >= 0.3 is 5.97 Å². The number of nitrogens with zero attached hydrogens (tertiary/aromatic N) is 1. The van der Waals surface area contributed by atoms with E-state index in [1.54, 1.807) is 6.07 Å². The molecule has 0 aliphatic carbocycles. The van der Waals surface area contributed by atoms with E-state index in [-0.39, 0.29) is 0 Å². The second-order valence-corrected chi connectivity index (χ2v) is 4.92. The second-order valence-electron chi connectivity index (χ2n) is 4.92. The Kier molecular flexibility index (Phi) is 3.09. The lowest BCUT2D eigenvalue weighted by Gasteiger charge is -2.40. The van der Waals surface area contributed by atoms with Crippen LogP contribution in [0, 0.1) is 5.92 Å². The molecule has 0 unspecified atom stereocenters. The van der Waals surface area contributed by atoms with Gasteiger partial charge in [0.25, 0.3) is 0 Å². The van der Waals surface area contributed by atoms with Crippen molar-refractivity contribution >= 4 is 11.7 Å². The van der Waals surface area contributed by atoms with Crippen molar-refractivity contribution in [2.75, 3.05) is 11.9 Å². The number of carboxylic acids is 1. The van der Waals surface area contributed by atoms with E-state index in [9.17, 15) is 4.79 Å². The number of hydrogen-bond acceptors (Lipinski definition) is 2. The molecule has 0 saturated heterocycles. The van der Waals surface area contributed by atoms with Crippen LogP contribution in [0.5, 0.6) is 0 Å². The summed E-state index contributed by atoms with van der Waals surface area (Å²) in [6.45, 7) is 4.44. The van der Waals surface area contributed by atoms with Crippen molar-refractivity contribution in [1.29, 1.82) is 0 Å². The Bertz CT molecular complexity index is 442. The molecule has 0 bridgehead atoms. The van der Waals surface area contributed by atoms with Crippen LogP contribution in [0.3, 0.4) is 0 Å². The third kappa shape index (κ3) is 2.02. The molecular formula is C14H19NO2. The van der Waals surface area contributed by atoms with E-state index in [4.69, 9.17) is 5.11 Å². The van der Waals surface area contributed by atoms with Gasteiger partial charge in [-0.15, -0.1) is 0 Å². The van der Waals surface area contributed by atoms with E-state index in [0.29, 0.717) is 17.5 Å². The lowest BCUT2D eigenvalue weighted by atomic mass is 9.85. The van der Waals surface area contributed by atoms with Gasteiger partial charge in [0.2, 0.25) is 0 Å². The molecule has 1 N–H and O–H groups in total. The maximum Gasteiger partial charge on any atom is 0.335 e. The lowest BCUT2D eigenvalue weighted by Crippen LogP contribution is -2.41. The molecule has 1 aliphatic heterocycles. The zero-order valence-electron chi connectivity index (χ0n) is 10.6. The Morgan fingerprint density at radius 3 is 2.82 bits per heavy atom. The number of carbonyl (C=O) groups is 1. The highest BCUT2D eigenvalue weighted by molar-refractivity contribution is 5.88. The zero-order valence-corrected chi connectivity index (χ0v) is 10.6. The first kappa shape index (κ1) is 12.0. The minimum Gasteiger partial charge on any atom is -0.478 e. The van der Waals surface area contributed by atoms with Crippen LogP contribution in [0.25, 0.3) is 0 Å². The van der Waals surface area contributed by atoms with Gasteiger partial charge in [0.1, 0.15) is 0 Å². The predicted molar refractivity (Wildman–Crippen MR) is 68.8 cm³/mol. The van der Waals surface area contributed by atoms with E-state index in [1.165, 1.54) is 5.69 Å². The molecule has 3 heteroatoms. The van der Waals surface area contributed by atoms with Gasteiger partial charge in [-0.05, 0) is 42.5 Å². The highest BCUT2D eigenvalue weighted by Gasteiger charge is 2.28. The zero-order chi connectivity index (χ0) is 12.6. The molecule has 0 spiro atoms. The molecular weight excluding hydrogens is 214 g/mol. The molecule has 1 aromatic carbocycles. The summed E-state index contributed by atoms with van der Waals surface area (Å²) < 4.78 is 0. The Balaban J connectivity index is 2.42. The Labute approximate surface area is 102 Å². The van der Waals surface area contributed by atoms with Crippen LogP contribution in [0.4, 0.5) is 5.69 Å². The highest BCUT2D eigenvalue weighted by atomic mass is 16.4. The molecule has 1 aliphatic rings. The molecule has 92 valence electrons. The maximum atomic E-state index is 11.0. The van der Waals surface area contributed by atoms with Crippen molar-refractivity contribution in [2.24, 2.45) is 5.92 Å². The largest absolute Gasteiger partial charge is 0.478 e. The molecule has 3 nitrogen and oxygen atoms in total. The van der Waals surface area contributed by atoms with E-state index in [2.05, 4.69) is 25.8 Å². The highest BCUT2D eigenvalue weighted by Crippen LogP contribution is 2.34. The Morgan fingerprint density at radius 1 is 1.53 bits per heavy atom. The van der Waals surface area contributed by atoms with Gasteiger partial charge in [0.05, 0.1) is 5.56 Å². The number of aromatic carboxylic acids is 1. The van der Waals surface area contributed by atoms with Crippen LogP contribution in [0.15, 0.2) is 18.2 Å². The first-order valence-corrected chi connectivity index (χ1v) is 6.13. The van der Waals surface area contributed by atoms with Gasteiger partial charge in [0, 0.05) is 18.8 Å². The molecule has 1 aromatic rings. The third-order valence-electron chi connectivity index (χ3n) is 3.82. The third-order valence-corrected chi connectivity index (χ3v) is 3.82. The molecule has 1 heterocycles. The second kappa shape index (κ2) is 4.40. The van der Waals surface area contributed by atoms with Crippen molar-refractivity contribution in [3.8, 4) is 0 Å². The van der Waals surface area contributed by atoms with Gasteiger partial charge in [-0.25, -0.2) is 4.79 Å². The SMILES string of the molecule is CC[C@H]1[C@H](C)Cc2cc(C(=O)O)ccc2N1C. The average molecular weight is 233 g/mol. The summed E-state index contributed by atoms with van der Waals surface area (Å²) in [5, 5.41) is 9.00. The molecule has 17 heavy (non-hydrogen) atoms. The van der Waals surface area contributed by atoms with E-state index in [1.807, 2.05) is 12.1 Å². The molecule has 0 fully saturated rings. The number of anilines is 1. The van der Waals surface area contributed by atoms with Crippen LogP contribution in [-0.2, 0) is 6.42 Å². The van der Waals surface area contributed by atoms with E-state index < -0.39 is 5.97 Å². The van der Waals surface area contributed by atoms with E-state index >= 15 is 0 Å². The minimum absolute atomic E-state index is 0.388. The molecule has 0 saturated carbocycles. The maximum absolute atomic E-state index is 11.0. The fourth-order valence-electron chi connectivity index (χ4n) is 2.95. The van der Waals surface area contributed by atoms with Crippen LogP contribution in [-0.4, -0.2) is 24.2 Å². The van der Waals surface area contributed by atoms with Crippen molar-refractivity contribution in [1.82, 2.24) is 0 Å². The monoisotopic (exact) mass is 233 g/mol. The fraction of sp³-hybridized carbons (Fsp3) is 0.500. The van der Waals surface area contributed by atoms with Crippen molar-refractivity contribution in [2.45, 2.75) is 32.7 Å². The summed E-state index contributed by atoms with van der Waals surface area (Å²) in [4.78, 5) is 13.2. The smallest absolute Gasteiger partial charge is 0.335 e. The van der Waals surface area contributed by atoms with Crippen LogP contribution >= 0.6 is 0 Å². The number of carboxylic acid groups (broad SMARTS) is 1. The van der Waals surface area contributed by atoms with Gasteiger partial charge in [-0.1, -0.05) is 13.8 Å². The normalized spacial score (nSPS) is 23.4. The van der Waals surface area contributed by atoms with Crippen LogP contribution in [0.1, 0.15) is 36.2 Å². The van der Waals surface area contributed by atoms with Crippen molar-refractivity contribution in [3.63, 3.8) is 0 Å². The first-order valence-electron chi connectivity index (χ1n) is 6.13. The van der Waals surface area contributed by atoms with Crippen LogP contribution < -0.4 is 4.90 Å². The van der Waals surface area contributed by atoms with Crippen molar-refractivity contribution < 1.29 is 9.90 Å². The van der Waals surface area contributed by atoms with Gasteiger partial charge in [-0.3, -0.25) is 0 Å². The summed E-state index contributed by atoms with van der Waals surface area (Å²) in [6, 6.07) is 6.00. The van der Waals surface area contributed by atoms with Crippen molar-refractivity contribution in [3.05, 3.63) is 29.3 Å². The number of rotatable bonds is 2. The topological polar surface area (TPSA) is 40.5 Å². The quantitative estimate of drug-likeness (QED) is 0.854. The molecule has 0 radical (unpaired) electrons. The molecule has 2 rings (SSSR count). The summed E-state index contributed by atoms with van der Waals surface area (Å²) in [7, 11) is 2.10. The molecule has 0 amide bonds. The van der Waals surface area contributed by atoms with E-state index in [0.717, 1.165) is 18.4 Å². The number of fused-ring (bicyclic) bond motifs is 1. The standard InChI is InChI=1S/C14H19NO2/c1-4-12-9(2)7-11-8-10(14(16)17)5-6-13(11)15(12)3/h5-6,8-9,12H,4,7H2,1-3H3,(H,16,17)/t9-,12+/m1/s1. The lowest BCUT2D eigenvalue weighted by molar-refractivity contribution is 0.0696. The summed E-state index contributed by atoms with van der Waals surface area (Å²) >= 11 is 0. The predicted octanol–water partition coefficient (Wildman–Crippen LogP) is 2.79. The Morgan fingerprint density at radius 2 is 2.24 bits per heavy atom. The number of benzene rings is 1. The van der Waals surface area contributed by atoms with Gasteiger partial charge in [-0.2, -0.15) is 0 Å². The van der Waals surface area contributed by atoms with Gasteiger partial charge < -0.3 is 10.0 Å². The average Bonchev–Trinajstić information content (AvgIpc) is 2.28. The minimum atomic E-state index is -0.847. The summed E-state index contributed by atoms with van der Waals surface area (Å²) in [6.07, 6.45) is 2.09. The van der Waals surface area contributed by atoms with Gasteiger partial charge in [0.15, 0.2) is 0 Å². The number of hydrogen-bond donors (Lipinski definition) is 1. The first-order chi connectivity index (χ1) is 8.04. The Hall–Kier alpha value is -1.51. The summed E-state index contributed by atoms with van der Waals surface area (Å²) in [5.74, 6) is -0.276. The van der Waals surface area contributed by atoms with Crippen LogP contribution in [0.2, 0.25) is 0 Å². The molecule has 0 aromatic heterocycles.